The van der Waals surface area contributed by atoms with Gasteiger partial charge in [-0.05, 0) is 197 Å². The van der Waals surface area contributed by atoms with E-state index in [9.17, 15) is 37.5 Å². The highest BCUT2D eigenvalue weighted by Crippen LogP contribution is 2.34. The van der Waals surface area contributed by atoms with E-state index in [0.717, 1.165) is 158 Å². The third-order valence-corrected chi connectivity index (χ3v) is 20.8. The number of hydrogen-bond acceptors (Lipinski definition) is 18. The Labute approximate surface area is 675 Å². The van der Waals surface area contributed by atoms with Gasteiger partial charge in [0.25, 0.3) is 23.6 Å². The Bertz CT molecular complexity index is 5100. The zero-order valence-electron chi connectivity index (χ0n) is 67.3. The molecule has 0 saturated carbocycles. The molecule has 8 heterocycles. The number of benzene rings is 6. The number of fused-ring (bicyclic) bond motifs is 2. The molecular formula is C89H106F2N16O9. The highest BCUT2D eigenvalue weighted by molar-refractivity contribution is 6.01. The van der Waals surface area contributed by atoms with Gasteiger partial charge in [-0.3, -0.25) is 28.9 Å². The van der Waals surface area contributed by atoms with E-state index in [2.05, 4.69) is 76.7 Å². The Hall–Kier alpha value is -11.4. The number of rotatable bonds is 25. The number of aromatic nitrogens is 6. The highest BCUT2D eigenvalue weighted by Gasteiger charge is 2.27. The van der Waals surface area contributed by atoms with Crippen LogP contribution in [-0.2, 0) is 72.9 Å². The molecule has 0 radical (unpaired) electrons. The summed E-state index contributed by atoms with van der Waals surface area (Å²) in [5.41, 5.74) is 13.9. The highest BCUT2D eigenvalue weighted by atomic mass is 19.1. The average Bonchev–Trinajstić information content (AvgIpc) is 1.58. The van der Waals surface area contributed by atoms with Crippen LogP contribution in [0.2, 0.25) is 0 Å². The van der Waals surface area contributed by atoms with Crippen LogP contribution >= 0.6 is 0 Å². The van der Waals surface area contributed by atoms with Crippen molar-refractivity contribution in [1.29, 1.82) is 0 Å². The number of hydrogen-bond donors (Lipinski definition) is 8. The maximum absolute atomic E-state index is 14.9. The number of carbonyl (C=O) groups is 6. The van der Waals surface area contributed by atoms with Crippen molar-refractivity contribution < 1.29 is 51.8 Å². The lowest BCUT2D eigenvalue weighted by atomic mass is 10.0. The molecule has 0 spiro atoms. The first-order valence-electron chi connectivity index (χ1n) is 40.4. The van der Waals surface area contributed by atoms with Crippen LogP contribution in [0.4, 0.5) is 25.0 Å². The van der Waals surface area contributed by atoms with Gasteiger partial charge >= 0.3 is 6.09 Å². The van der Waals surface area contributed by atoms with Crippen molar-refractivity contribution in [1.82, 2.24) is 71.2 Å². The van der Waals surface area contributed by atoms with Crippen molar-refractivity contribution in [3.63, 3.8) is 0 Å². The quantitative estimate of drug-likeness (QED) is 0.0247. The zero-order chi connectivity index (χ0) is 81.7. The van der Waals surface area contributed by atoms with E-state index in [0.29, 0.717) is 102 Å². The normalized spacial score (nSPS) is 14.8. The number of aldehydes is 1. The first kappa shape index (κ1) is 84.0. The minimum Gasteiger partial charge on any atom is -0.444 e. The number of aryl methyl sites for hydroxylation is 4. The van der Waals surface area contributed by atoms with Gasteiger partial charge in [0.1, 0.15) is 23.5 Å². The molecule has 4 aliphatic rings. The van der Waals surface area contributed by atoms with Crippen molar-refractivity contribution in [2.75, 3.05) is 89.4 Å². The van der Waals surface area contributed by atoms with Gasteiger partial charge in [0.05, 0.1) is 34.5 Å². The molecule has 27 heteroatoms. The van der Waals surface area contributed by atoms with E-state index in [1.165, 1.54) is 29.8 Å². The third-order valence-electron chi connectivity index (χ3n) is 20.8. The topological polar surface area (TPSA) is 294 Å². The molecule has 0 bridgehead atoms. The molecule has 0 unspecified atom stereocenters. The summed E-state index contributed by atoms with van der Waals surface area (Å²) in [7, 11) is 0. The van der Waals surface area contributed by atoms with Gasteiger partial charge in [-0.2, -0.15) is 10.2 Å². The van der Waals surface area contributed by atoms with Gasteiger partial charge in [0.2, 0.25) is 0 Å². The molecule has 14 rings (SSSR count). The molecule has 25 nitrogen and oxygen atoms in total. The van der Waals surface area contributed by atoms with Crippen LogP contribution in [0.5, 0.6) is 0 Å². The number of ether oxygens (including phenoxy) is 3. The number of amides is 5. The van der Waals surface area contributed by atoms with Crippen LogP contribution in [0.3, 0.4) is 0 Å². The van der Waals surface area contributed by atoms with Gasteiger partial charge in [0.15, 0.2) is 11.3 Å². The van der Waals surface area contributed by atoms with Gasteiger partial charge in [-0.1, -0.05) is 62.4 Å². The third kappa shape index (κ3) is 22.4. The van der Waals surface area contributed by atoms with E-state index >= 15 is 0 Å². The first-order chi connectivity index (χ1) is 56.2. The molecule has 5 amide bonds. The molecule has 4 fully saturated rings. The zero-order valence-corrected chi connectivity index (χ0v) is 67.3. The summed E-state index contributed by atoms with van der Waals surface area (Å²) >= 11 is 0. The van der Waals surface area contributed by atoms with Crippen LogP contribution in [0, 0.1) is 11.6 Å². The van der Waals surface area contributed by atoms with Gasteiger partial charge in [0, 0.05) is 187 Å². The first-order valence-corrected chi connectivity index (χ1v) is 40.4. The molecule has 4 aromatic heterocycles. The van der Waals surface area contributed by atoms with E-state index in [1.54, 1.807) is 83.8 Å². The van der Waals surface area contributed by atoms with Gasteiger partial charge in [-0.25, -0.2) is 32.9 Å². The number of nitrogens with zero attached hydrogens (tertiary/aromatic N) is 8. The predicted molar refractivity (Wildman–Crippen MR) is 446 cm³/mol. The molecule has 610 valence electrons. The van der Waals surface area contributed by atoms with Gasteiger partial charge < -0.3 is 61.6 Å². The second-order valence-electron chi connectivity index (χ2n) is 30.3. The maximum Gasteiger partial charge on any atom is 0.410 e. The van der Waals surface area contributed by atoms with E-state index in [1.807, 2.05) is 81.5 Å². The molecule has 4 aliphatic heterocycles. The van der Waals surface area contributed by atoms with Crippen LogP contribution in [-0.4, -0.2) is 172 Å². The lowest BCUT2D eigenvalue weighted by Crippen LogP contribution is -2.48. The average molecular weight is 1580 g/mol. The summed E-state index contributed by atoms with van der Waals surface area (Å²) in [6.45, 7) is 26.7. The molecule has 4 saturated heterocycles. The van der Waals surface area contributed by atoms with E-state index in [4.69, 9.17) is 24.2 Å². The van der Waals surface area contributed by atoms with Crippen LogP contribution < -0.4 is 42.5 Å². The van der Waals surface area contributed by atoms with E-state index < -0.39 is 11.7 Å². The molecule has 0 atom stereocenters. The Kier molecular flexibility index (Phi) is 29.2. The van der Waals surface area contributed by atoms with Crippen LogP contribution in [0.15, 0.2) is 146 Å². The lowest BCUT2D eigenvalue weighted by Gasteiger charge is -2.30. The number of anilines is 2. The molecule has 0 aliphatic carbocycles. The molecule has 10 aromatic rings. The molecule has 6 aromatic carbocycles. The van der Waals surface area contributed by atoms with Crippen molar-refractivity contribution in [3.05, 3.63) is 225 Å². The Morgan fingerprint density at radius 2 is 0.922 bits per heavy atom. The summed E-state index contributed by atoms with van der Waals surface area (Å²) in [4.78, 5) is 90.3. The number of halogens is 2. The summed E-state index contributed by atoms with van der Waals surface area (Å²) in [5, 5.41) is 36.9. The second kappa shape index (κ2) is 40.3. The summed E-state index contributed by atoms with van der Waals surface area (Å²) in [5.74, 6) is -2.21. The summed E-state index contributed by atoms with van der Waals surface area (Å²) in [6.07, 6.45) is 9.10. The minimum absolute atomic E-state index is 0.0696. The van der Waals surface area contributed by atoms with Crippen molar-refractivity contribution in [2.24, 2.45) is 0 Å². The number of pyridine rings is 2. The summed E-state index contributed by atoms with van der Waals surface area (Å²) in [6, 6.07) is 38.1. The number of piperazine rings is 2. The lowest BCUT2D eigenvalue weighted by molar-refractivity contribution is 0.0228. The Balaban J connectivity index is 0.000000186. The Morgan fingerprint density at radius 3 is 1.35 bits per heavy atom. The van der Waals surface area contributed by atoms with Crippen molar-refractivity contribution >= 4 is 69.4 Å². The summed E-state index contributed by atoms with van der Waals surface area (Å²) < 4.78 is 49.6. The second-order valence-corrected chi connectivity index (χ2v) is 30.3. The van der Waals surface area contributed by atoms with Crippen molar-refractivity contribution in [3.8, 4) is 22.3 Å². The van der Waals surface area contributed by atoms with Crippen molar-refractivity contribution in [2.45, 2.75) is 150 Å². The SMILES string of the molecule is CC(C)(C)OC(=O)N1CCNCC1.CCc1nc2c(cnn2CC)c(NC2CCOCC2)c1CNC(=O)c1cccc(C(=O)NCc2cc(F)cc(-c3cccc(C=O)c3)c2)c1.CCc1nc2c(cnn2CC)c(NC2CCOCC2)c1CNC(=O)c1cccc(C(=O)NCc2cc(F)cc(-c3cccc(CN4CCNCC4)c3)c2)c1. The van der Waals surface area contributed by atoms with Crippen LogP contribution in [0.25, 0.3) is 44.3 Å². The fourth-order valence-electron chi connectivity index (χ4n) is 14.7. The fraction of sp³-hybridized carbons (Fsp3) is 0.393. The number of nitrogens with one attached hydrogen (secondary N) is 8. The molecular weight excluding hydrogens is 1480 g/mol. The van der Waals surface area contributed by atoms with E-state index in [-0.39, 0.29) is 73.5 Å². The molecule has 8 N–H and O–H groups in total. The largest absolute Gasteiger partial charge is 0.444 e. The Morgan fingerprint density at radius 1 is 0.509 bits per heavy atom. The smallest absolute Gasteiger partial charge is 0.410 e. The standard InChI is InChI=1S/C42H49FN8O3.C38H39FN6O4.C9H18N2O2/c1-3-38-36(39(48-35-11-17-54-18-12-35)37-26-47-51(4-2)40(37)49-38)25-46-42(53)32-10-6-9-31(22-32)41(52)45-24-29-20-33(23-34(43)21-29)30-8-5-7-28(19-30)27-50-15-13-44-14-16-50;1-3-34-32(35(43-31-11-13-49-14-12-31)33-22-42-45(4-2)36(33)44-34)21-41-38(48)28-10-6-9-27(18-28)37(47)40-20-25-16-29(19-30(39)17-25)26-8-5-7-24(15-26)23-46;1-9(2,3)13-8(12)11-6-4-10-5-7-11/h5-10,19-23,26,35,44H,3-4,11-18,24-25,27H2,1-2H3,(H,45,52)(H,46,53)(H,48,49);5-10,15-19,22-23,31H,3-4,11-14,20-21H2,1-2H3,(H,40,47)(H,41,48)(H,43,44);10H,4-7H2,1-3H3. The van der Waals surface area contributed by atoms with Gasteiger partial charge in [-0.15, -0.1) is 0 Å². The number of carbonyl (C=O) groups excluding carboxylic acids is 6. The maximum atomic E-state index is 14.9. The predicted octanol–water partition coefficient (Wildman–Crippen LogP) is 12.6. The van der Waals surface area contributed by atoms with Crippen LogP contribution in [0.1, 0.15) is 165 Å². The monoisotopic (exact) mass is 1580 g/mol. The molecule has 116 heavy (non-hydrogen) atoms. The fourth-order valence-corrected chi connectivity index (χ4v) is 14.7. The minimum atomic E-state index is -0.456.